The van der Waals surface area contributed by atoms with E-state index in [1.54, 1.807) is 0 Å². The molecule has 1 atom stereocenters. The lowest BCUT2D eigenvalue weighted by Gasteiger charge is -2.58. The van der Waals surface area contributed by atoms with Gasteiger partial charge in [-0.1, -0.05) is 18.2 Å². The second-order valence-electron chi connectivity index (χ2n) is 12.8. The SMILES string of the molecule is C=CC(=O)N1CC2(CC(n3nc(N4CCN(C5CCOCC5)CC4C)c(-c4c(Cl)c(C)cc5[nH]ncc45)c3C)C2)C1. The quantitative estimate of drug-likeness (QED) is 0.441. The van der Waals surface area contributed by atoms with Crippen LogP contribution in [-0.4, -0.2) is 93.7 Å². The van der Waals surface area contributed by atoms with Crippen LogP contribution in [-0.2, 0) is 9.53 Å². The third-order valence-electron chi connectivity index (χ3n) is 10.1. The molecule has 1 aliphatic carbocycles. The van der Waals surface area contributed by atoms with Crippen molar-refractivity contribution in [2.75, 3.05) is 50.8 Å². The molecule has 3 saturated heterocycles. The number of carbonyl (C=O) groups is 1. The highest BCUT2D eigenvalue weighted by Crippen LogP contribution is 2.55. The molecule has 7 rings (SSSR count). The van der Waals surface area contributed by atoms with E-state index in [1.807, 2.05) is 11.1 Å². The average molecular weight is 578 g/mol. The zero-order chi connectivity index (χ0) is 28.5. The second kappa shape index (κ2) is 10.1. The lowest BCUT2D eigenvalue weighted by atomic mass is 9.60. The zero-order valence-electron chi connectivity index (χ0n) is 24.3. The van der Waals surface area contributed by atoms with E-state index in [0.717, 1.165) is 116 Å². The van der Waals surface area contributed by atoms with Crippen molar-refractivity contribution in [3.05, 3.63) is 41.2 Å². The van der Waals surface area contributed by atoms with Crippen LogP contribution in [0.4, 0.5) is 5.82 Å². The highest BCUT2D eigenvalue weighted by atomic mass is 35.5. The van der Waals surface area contributed by atoms with E-state index in [0.29, 0.717) is 18.1 Å². The van der Waals surface area contributed by atoms with E-state index in [1.165, 1.54) is 6.08 Å². The lowest BCUT2D eigenvalue weighted by molar-refractivity contribution is -0.149. The fourth-order valence-electron chi connectivity index (χ4n) is 7.90. The van der Waals surface area contributed by atoms with Gasteiger partial charge < -0.3 is 14.5 Å². The summed E-state index contributed by atoms with van der Waals surface area (Å²) in [6.07, 6.45) is 7.60. The Bertz CT molecular complexity index is 1490. The van der Waals surface area contributed by atoms with E-state index in [2.05, 4.69) is 58.1 Å². The third kappa shape index (κ3) is 4.39. The van der Waals surface area contributed by atoms with Gasteiger partial charge in [-0.2, -0.15) is 10.2 Å². The number of fused-ring (bicyclic) bond motifs is 1. The summed E-state index contributed by atoms with van der Waals surface area (Å²) in [4.78, 5) is 19.1. The molecule has 1 unspecified atom stereocenters. The van der Waals surface area contributed by atoms with Gasteiger partial charge >= 0.3 is 0 Å². The fraction of sp³-hybridized carbons (Fsp3) is 0.581. The highest BCUT2D eigenvalue weighted by Gasteiger charge is 2.54. The summed E-state index contributed by atoms with van der Waals surface area (Å²) in [6, 6.07) is 3.30. The van der Waals surface area contributed by atoms with Crippen LogP contribution >= 0.6 is 11.6 Å². The minimum absolute atomic E-state index is 0.0334. The topological polar surface area (TPSA) is 82.5 Å². The van der Waals surface area contributed by atoms with Crippen molar-refractivity contribution in [1.29, 1.82) is 0 Å². The van der Waals surface area contributed by atoms with Gasteiger partial charge in [0.1, 0.15) is 0 Å². The Hall–Kier alpha value is -2.88. The molecular weight excluding hydrogens is 538 g/mol. The van der Waals surface area contributed by atoms with Gasteiger partial charge in [-0.15, -0.1) is 0 Å². The van der Waals surface area contributed by atoms with Crippen LogP contribution in [0, 0.1) is 19.3 Å². The number of anilines is 1. The summed E-state index contributed by atoms with van der Waals surface area (Å²) in [7, 11) is 0. The number of aromatic amines is 1. The van der Waals surface area contributed by atoms with E-state index >= 15 is 0 Å². The maximum Gasteiger partial charge on any atom is 0.245 e. The van der Waals surface area contributed by atoms with Crippen molar-refractivity contribution < 1.29 is 9.53 Å². The number of ether oxygens (including phenoxy) is 1. The molecule has 218 valence electrons. The first-order valence-corrected chi connectivity index (χ1v) is 15.4. The van der Waals surface area contributed by atoms with Gasteiger partial charge in [0, 0.05) is 85.6 Å². The Balaban J connectivity index is 1.24. The average Bonchev–Trinajstić information content (AvgIpc) is 3.52. The molecular formula is C31H40ClN7O2. The first-order chi connectivity index (χ1) is 19.8. The van der Waals surface area contributed by atoms with E-state index in [9.17, 15) is 4.79 Å². The van der Waals surface area contributed by atoms with Crippen LogP contribution in [0.1, 0.15) is 49.9 Å². The van der Waals surface area contributed by atoms with E-state index in [4.69, 9.17) is 21.4 Å². The third-order valence-corrected chi connectivity index (χ3v) is 10.6. The van der Waals surface area contributed by atoms with Gasteiger partial charge in [-0.25, -0.2) is 0 Å². The Labute approximate surface area is 246 Å². The predicted molar refractivity (Wildman–Crippen MR) is 162 cm³/mol. The molecule has 4 fully saturated rings. The molecule has 9 nitrogen and oxygen atoms in total. The molecule has 5 heterocycles. The number of hydrogen-bond acceptors (Lipinski definition) is 6. The molecule has 1 N–H and O–H groups in total. The van der Waals surface area contributed by atoms with Crippen molar-refractivity contribution in [2.24, 2.45) is 5.41 Å². The van der Waals surface area contributed by atoms with Gasteiger partial charge in [0.15, 0.2) is 5.82 Å². The molecule has 4 aliphatic rings. The number of nitrogens with one attached hydrogen (secondary N) is 1. The van der Waals surface area contributed by atoms with Gasteiger partial charge in [0.2, 0.25) is 5.91 Å². The van der Waals surface area contributed by atoms with Crippen LogP contribution < -0.4 is 4.90 Å². The van der Waals surface area contributed by atoms with Crippen molar-refractivity contribution >= 4 is 34.2 Å². The van der Waals surface area contributed by atoms with Crippen molar-refractivity contribution in [3.63, 3.8) is 0 Å². The van der Waals surface area contributed by atoms with Crippen LogP contribution in [0.5, 0.6) is 0 Å². The maximum absolute atomic E-state index is 12.1. The molecule has 10 heteroatoms. The fourth-order valence-corrected chi connectivity index (χ4v) is 8.15. The number of aryl methyl sites for hydroxylation is 1. The van der Waals surface area contributed by atoms with Gasteiger partial charge in [-0.05, 0) is 64.2 Å². The molecule has 3 aromatic rings. The minimum Gasteiger partial charge on any atom is -0.381 e. The van der Waals surface area contributed by atoms with Crippen LogP contribution in [0.25, 0.3) is 22.0 Å². The Morgan fingerprint density at radius 2 is 1.93 bits per heavy atom. The molecule has 0 bridgehead atoms. The smallest absolute Gasteiger partial charge is 0.245 e. The Kier molecular flexibility index (Phi) is 6.67. The summed E-state index contributed by atoms with van der Waals surface area (Å²) >= 11 is 7.12. The van der Waals surface area contributed by atoms with Gasteiger partial charge in [-0.3, -0.25) is 19.5 Å². The molecule has 41 heavy (non-hydrogen) atoms. The van der Waals surface area contributed by atoms with Crippen LogP contribution in [0.2, 0.25) is 5.02 Å². The number of aromatic nitrogens is 4. The number of benzene rings is 1. The molecule has 1 amide bonds. The van der Waals surface area contributed by atoms with E-state index < -0.39 is 0 Å². The van der Waals surface area contributed by atoms with Gasteiger partial charge in [0.25, 0.3) is 0 Å². The monoisotopic (exact) mass is 577 g/mol. The van der Waals surface area contributed by atoms with Crippen LogP contribution in [0.15, 0.2) is 24.9 Å². The number of H-pyrrole nitrogens is 1. The first kappa shape index (κ1) is 27.0. The largest absolute Gasteiger partial charge is 0.381 e. The van der Waals surface area contributed by atoms with Gasteiger partial charge in [0.05, 0.1) is 22.8 Å². The second-order valence-corrected chi connectivity index (χ2v) is 13.2. The molecule has 1 aromatic carbocycles. The highest BCUT2D eigenvalue weighted by molar-refractivity contribution is 6.36. The normalized spacial score (nSPS) is 23.7. The number of nitrogens with zero attached hydrogens (tertiary/aromatic N) is 6. The summed E-state index contributed by atoms with van der Waals surface area (Å²) in [6.45, 7) is 16.5. The predicted octanol–water partition coefficient (Wildman–Crippen LogP) is 4.74. The van der Waals surface area contributed by atoms with E-state index in [-0.39, 0.29) is 11.3 Å². The van der Waals surface area contributed by atoms with Crippen molar-refractivity contribution in [2.45, 2.75) is 64.6 Å². The molecule has 2 aromatic heterocycles. The summed E-state index contributed by atoms with van der Waals surface area (Å²) in [5, 5.41) is 14.7. The lowest BCUT2D eigenvalue weighted by Crippen LogP contribution is -2.63. The Morgan fingerprint density at radius 1 is 1.17 bits per heavy atom. The molecule has 0 radical (unpaired) electrons. The molecule has 1 spiro atoms. The van der Waals surface area contributed by atoms with Crippen molar-refractivity contribution in [1.82, 2.24) is 29.8 Å². The number of piperazine rings is 1. The Morgan fingerprint density at radius 3 is 2.63 bits per heavy atom. The summed E-state index contributed by atoms with van der Waals surface area (Å²) < 4.78 is 7.89. The molecule has 1 saturated carbocycles. The van der Waals surface area contributed by atoms with Crippen LogP contribution in [0.3, 0.4) is 0 Å². The maximum atomic E-state index is 12.1. The number of likely N-dealkylation sites (tertiary alicyclic amines) is 1. The first-order valence-electron chi connectivity index (χ1n) is 15.0. The summed E-state index contributed by atoms with van der Waals surface area (Å²) in [5.41, 5.74) is 5.51. The minimum atomic E-state index is 0.0334. The standard InChI is InChI=1S/C31H40ClN7O2/c1-5-26(40)37-17-31(18-37)13-23(14-31)39-21(4)27(28-24-15-33-34-25(24)12-19(2)29(28)32)30(35-39)38-9-8-36(16-20(38)3)22-6-10-41-11-7-22/h5,12,15,20,22-23H,1,6-11,13-14,16-18H2,2-4H3,(H,33,34). The zero-order valence-corrected chi connectivity index (χ0v) is 25.1. The number of rotatable bonds is 5. The number of hydrogen-bond donors (Lipinski definition) is 1. The number of carbonyl (C=O) groups excluding carboxylic acids is 1. The number of amides is 1. The molecule has 3 aliphatic heterocycles. The summed E-state index contributed by atoms with van der Waals surface area (Å²) in [5.74, 6) is 1.06. The number of halogens is 1. The van der Waals surface area contributed by atoms with Crippen molar-refractivity contribution in [3.8, 4) is 11.1 Å².